The molecule has 2 aromatic carbocycles. The molecule has 1 unspecified atom stereocenters. The number of benzene rings is 2. The van der Waals surface area contributed by atoms with Crippen LogP contribution in [0.5, 0.6) is 0 Å². The molecular formula is C23H28N4O. The van der Waals surface area contributed by atoms with Crippen LogP contribution < -0.4 is 10.6 Å². The monoisotopic (exact) mass is 376 g/mol. The lowest BCUT2D eigenvalue weighted by Crippen LogP contribution is -2.36. The van der Waals surface area contributed by atoms with Crippen LogP contribution in [0.4, 0.5) is 4.79 Å². The van der Waals surface area contributed by atoms with Crippen molar-refractivity contribution in [2.24, 2.45) is 0 Å². The highest BCUT2D eigenvalue weighted by atomic mass is 16.2. The summed E-state index contributed by atoms with van der Waals surface area (Å²) in [6.07, 6.45) is 0. The lowest BCUT2D eigenvalue weighted by molar-refractivity contribution is 0.237. The van der Waals surface area contributed by atoms with Crippen molar-refractivity contribution in [1.29, 1.82) is 0 Å². The summed E-state index contributed by atoms with van der Waals surface area (Å²) in [5.74, 6) is 0. The average Bonchev–Trinajstić information content (AvgIpc) is 2.94. The third kappa shape index (κ3) is 4.42. The third-order valence-corrected chi connectivity index (χ3v) is 4.96. The van der Waals surface area contributed by atoms with E-state index in [1.807, 2.05) is 55.8 Å². The van der Waals surface area contributed by atoms with E-state index in [9.17, 15) is 4.79 Å². The van der Waals surface area contributed by atoms with Crippen LogP contribution in [0.2, 0.25) is 0 Å². The standard InChI is InChI=1S/C23H28N4O/c1-15-11-16(2)13-20(12-15)17(3)25-23(28)24-14-22-18(4)26-27(19(22)5)21-9-7-6-8-10-21/h6-13,17H,14H2,1-5H3,(H2,24,25,28). The highest BCUT2D eigenvalue weighted by Crippen LogP contribution is 2.18. The number of hydrogen-bond donors (Lipinski definition) is 2. The fraction of sp³-hybridized carbons (Fsp3) is 0.304. The van der Waals surface area contributed by atoms with Gasteiger partial charge < -0.3 is 10.6 Å². The van der Waals surface area contributed by atoms with Gasteiger partial charge in [-0.05, 0) is 52.3 Å². The van der Waals surface area contributed by atoms with Gasteiger partial charge in [-0.3, -0.25) is 0 Å². The van der Waals surface area contributed by atoms with Crippen molar-refractivity contribution < 1.29 is 4.79 Å². The van der Waals surface area contributed by atoms with Gasteiger partial charge in [-0.2, -0.15) is 5.10 Å². The van der Waals surface area contributed by atoms with Crippen molar-refractivity contribution in [2.45, 2.75) is 47.2 Å². The van der Waals surface area contributed by atoms with Crippen LogP contribution in [0.1, 0.15) is 46.6 Å². The third-order valence-electron chi connectivity index (χ3n) is 4.96. The first-order valence-corrected chi connectivity index (χ1v) is 9.58. The van der Waals surface area contributed by atoms with E-state index in [0.717, 1.165) is 28.2 Å². The summed E-state index contributed by atoms with van der Waals surface area (Å²) >= 11 is 0. The highest BCUT2D eigenvalue weighted by molar-refractivity contribution is 5.74. The number of carbonyl (C=O) groups excluding carboxylic acids is 1. The maximum absolute atomic E-state index is 12.4. The smallest absolute Gasteiger partial charge is 0.315 e. The molecular weight excluding hydrogens is 348 g/mol. The minimum Gasteiger partial charge on any atom is -0.334 e. The van der Waals surface area contributed by atoms with Gasteiger partial charge in [0, 0.05) is 17.8 Å². The van der Waals surface area contributed by atoms with Gasteiger partial charge in [0.05, 0.1) is 17.4 Å². The Morgan fingerprint density at radius 3 is 2.32 bits per heavy atom. The summed E-state index contributed by atoms with van der Waals surface area (Å²) in [4.78, 5) is 12.4. The van der Waals surface area contributed by atoms with E-state index < -0.39 is 0 Å². The Morgan fingerprint density at radius 2 is 1.68 bits per heavy atom. The number of nitrogens with zero attached hydrogens (tertiary/aromatic N) is 2. The van der Waals surface area contributed by atoms with Gasteiger partial charge in [-0.15, -0.1) is 0 Å². The van der Waals surface area contributed by atoms with Crippen molar-refractivity contribution >= 4 is 6.03 Å². The molecule has 3 rings (SSSR count). The Bertz CT molecular complexity index is 956. The SMILES string of the molecule is Cc1cc(C)cc(C(C)NC(=O)NCc2c(C)nn(-c3ccccc3)c2C)c1. The Hall–Kier alpha value is -3.08. The molecule has 1 atom stereocenters. The Labute approximate surface area is 166 Å². The molecule has 0 bridgehead atoms. The van der Waals surface area contributed by atoms with E-state index in [1.165, 1.54) is 11.1 Å². The molecule has 2 amide bonds. The fourth-order valence-electron chi connectivity index (χ4n) is 3.51. The molecule has 0 aliphatic heterocycles. The summed E-state index contributed by atoms with van der Waals surface area (Å²) in [6.45, 7) is 10.6. The van der Waals surface area contributed by atoms with Crippen LogP contribution in [-0.4, -0.2) is 15.8 Å². The molecule has 0 radical (unpaired) electrons. The molecule has 5 nitrogen and oxygen atoms in total. The van der Waals surface area contributed by atoms with E-state index in [0.29, 0.717) is 6.54 Å². The first kappa shape index (κ1) is 19.7. The Balaban J connectivity index is 1.65. The first-order chi connectivity index (χ1) is 13.3. The maximum atomic E-state index is 12.4. The lowest BCUT2D eigenvalue weighted by atomic mass is 10.0. The van der Waals surface area contributed by atoms with E-state index in [2.05, 4.69) is 47.8 Å². The topological polar surface area (TPSA) is 59.0 Å². The van der Waals surface area contributed by atoms with Gasteiger partial charge in [-0.25, -0.2) is 9.48 Å². The number of rotatable bonds is 5. The van der Waals surface area contributed by atoms with Gasteiger partial charge in [0.2, 0.25) is 0 Å². The summed E-state index contributed by atoms with van der Waals surface area (Å²) < 4.78 is 1.92. The van der Waals surface area contributed by atoms with Gasteiger partial charge in [0.1, 0.15) is 0 Å². The Kier molecular flexibility index (Phi) is 5.83. The number of nitrogens with one attached hydrogen (secondary N) is 2. The molecule has 28 heavy (non-hydrogen) atoms. The fourth-order valence-corrected chi connectivity index (χ4v) is 3.51. The van der Waals surface area contributed by atoms with Crippen LogP contribution in [0.3, 0.4) is 0 Å². The van der Waals surface area contributed by atoms with Crippen molar-refractivity contribution in [2.75, 3.05) is 0 Å². The van der Waals surface area contributed by atoms with Crippen LogP contribution in [-0.2, 0) is 6.54 Å². The van der Waals surface area contributed by atoms with Crippen LogP contribution in [0.15, 0.2) is 48.5 Å². The van der Waals surface area contributed by atoms with Crippen LogP contribution >= 0.6 is 0 Å². The summed E-state index contributed by atoms with van der Waals surface area (Å²) in [7, 11) is 0. The predicted molar refractivity (Wildman–Crippen MR) is 113 cm³/mol. The molecule has 3 aromatic rings. The average molecular weight is 377 g/mol. The largest absolute Gasteiger partial charge is 0.334 e. The normalized spacial score (nSPS) is 11.9. The van der Waals surface area contributed by atoms with Crippen molar-refractivity contribution in [1.82, 2.24) is 20.4 Å². The number of hydrogen-bond acceptors (Lipinski definition) is 2. The molecule has 2 N–H and O–H groups in total. The molecule has 0 saturated heterocycles. The minimum atomic E-state index is -0.182. The number of aromatic nitrogens is 2. The number of amides is 2. The zero-order valence-electron chi connectivity index (χ0n) is 17.2. The van der Waals surface area contributed by atoms with Gasteiger partial charge >= 0.3 is 6.03 Å². The minimum absolute atomic E-state index is 0.0622. The van der Waals surface area contributed by atoms with Crippen molar-refractivity contribution in [3.63, 3.8) is 0 Å². The van der Waals surface area contributed by atoms with E-state index in [4.69, 9.17) is 0 Å². The quantitative estimate of drug-likeness (QED) is 0.680. The van der Waals surface area contributed by atoms with E-state index >= 15 is 0 Å². The second-order valence-electron chi connectivity index (χ2n) is 7.37. The second kappa shape index (κ2) is 8.30. The first-order valence-electron chi connectivity index (χ1n) is 9.58. The van der Waals surface area contributed by atoms with Gasteiger partial charge in [0.15, 0.2) is 0 Å². The molecule has 5 heteroatoms. The van der Waals surface area contributed by atoms with Crippen LogP contribution in [0, 0.1) is 27.7 Å². The van der Waals surface area contributed by atoms with E-state index in [1.54, 1.807) is 0 Å². The van der Waals surface area contributed by atoms with E-state index in [-0.39, 0.29) is 12.1 Å². The zero-order valence-corrected chi connectivity index (χ0v) is 17.2. The second-order valence-corrected chi connectivity index (χ2v) is 7.37. The number of para-hydroxylation sites is 1. The molecule has 0 fully saturated rings. The number of urea groups is 1. The van der Waals surface area contributed by atoms with Crippen molar-refractivity contribution in [3.8, 4) is 5.69 Å². The lowest BCUT2D eigenvalue weighted by Gasteiger charge is -2.16. The molecule has 146 valence electrons. The summed E-state index contributed by atoms with van der Waals surface area (Å²) in [5.41, 5.74) is 7.51. The Morgan fingerprint density at radius 1 is 1.04 bits per heavy atom. The number of aryl methyl sites for hydroxylation is 3. The molecule has 0 aliphatic carbocycles. The zero-order chi connectivity index (χ0) is 20.3. The molecule has 0 saturated carbocycles. The molecule has 0 spiro atoms. The van der Waals surface area contributed by atoms with Gasteiger partial charge in [-0.1, -0.05) is 47.5 Å². The highest BCUT2D eigenvalue weighted by Gasteiger charge is 2.15. The summed E-state index contributed by atoms with van der Waals surface area (Å²) in [5, 5.41) is 10.6. The molecule has 1 aromatic heterocycles. The van der Waals surface area contributed by atoms with Gasteiger partial charge in [0.25, 0.3) is 0 Å². The number of carbonyl (C=O) groups is 1. The van der Waals surface area contributed by atoms with Crippen molar-refractivity contribution in [3.05, 3.63) is 82.2 Å². The molecule has 1 heterocycles. The molecule has 0 aliphatic rings. The predicted octanol–water partition coefficient (Wildman–Crippen LogP) is 4.67. The van der Waals surface area contributed by atoms with Crippen LogP contribution in [0.25, 0.3) is 5.69 Å². The summed E-state index contributed by atoms with van der Waals surface area (Å²) in [6, 6.07) is 16.1. The maximum Gasteiger partial charge on any atom is 0.315 e.